The van der Waals surface area contributed by atoms with Crippen molar-refractivity contribution in [3.05, 3.63) is 0 Å². The van der Waals surface area contributed by atoms with Crippen LogP contribution in [0.4, 0.5) is 4.79 Å². The van der Waals surface area contributed by atoms with Crippen molar-refractivity contribution < 1.29 is 18.7 Å². The first-order chi connectivity index (χ1) is 19.6. The Hall–Kier alpha value is -0.270. The van der Waals surface area contributed by atoms with Crippen molar-refractivity contribution in [2.45, 2.75) is 196 Å². The lowest BCUT2D eigenvalue weighted by Crippen LogP contribution is -2.43. The zero-order chi connectivity index (χ0) is 29.1. The number of amides is 1. The summed E-state index contributed by atoms with van der Waals surface area (Å²) in [4.78, 5) is 15.8. The number of carbonyl (C=O) groups excluding carboxylic acids is 1. The molecule has 41 heavy (non-hydrogen) atoms. The molecule has 0 radical (unpaired) electrons. The van der Waals surface area contributed by atoms with Gasteiger partial charge in [-0.25, -0.2) is 4.79 Å². The van der Waals surface area contributed by atoms with E-state index in [-0.39, 0.29) is 17.8 Å². The highest BCUT2D eigenvalue weighted by Gasteiger charge is 2.54. The van der Waals surface area contributed by atoms with Crippen LogP contribution >= 0.6 is 14.3 Å². The van der Waals surface area contributed by atoms with Gasteiger partial charge in [-0.3, -0.25) is 0 Å². The predicted molar refractivity (Wildman–Crippen MR) is 173 cm³/mol. The normalized spacial score (nSPS) is 29.1. The molecule has 5 nitrogen and oxygen atoms in total. The van der Waals surface area contributed by atoms with Crippen LogP contribution in [0.15, 0.2) is 0 Å². The number of hydrogen-bond donors (Lipinski definition) is 0. The van der Waals surface area contributed by atoms with Gasteiger partial charge in [0, 0.05) is 47.0 Å². The minimum absolute atomic E-state index is 0.0531. The topological polar surface area (TPSA) is 63.7 Å². The molecule has 1 aliphatic heterocycles. The van der Waals surface area contributed by atoms with Crippen LogP contribution in [0, 0.1) is 0 Å². The molecule has 0 bridgehead atoms. The number of nitrogens with zero attached hydrogens (tertiary/aromatic N) is 1. The molecule has 1 saturated heterocycles. The van der Waals surface area contributed by atoms with Crippen LogP contribution in [0.3, 0.4) is 0 Å². The maximum Gasteiger partial charge on any atom is 0.410 e. The van der Waals surface area contributed by atoms with Crippen LogP contribution in [0.2, 0.25) is 0 Å². The van der Waals surface area contributed by atoms with E-state index in [1.165, 1.54) is 77.0 Å². The molecule has 5 rings (SSSR count). The highest BCUT2D eigenvalue weighted by Crippen LogP contribution is 2.69. The van der Waals surface area contributed by atoms with Crippen molar-refractivity contribution in [3.63, 3.8) is 0 Å². The molecule has 2 atom stereocenters. The van der Waals surface area contributed by atoms with Gasteiger partial charge in [0.1, 0.15) is 5.60 Å². The molecule has 5 fully saturated rings. The van der Waals surface area contributed by atoms with Crippen LogP contribution in [0.5, 0.6) is 0 Å². The van der Waals surface area contributed by atoms with Gasteiger partial charge >= 0.3 is 6.09 Å². The summed E-state index contributed by atoms with van der Waals surface area (Å²) in [5.41, 5.74) is 0.772. The molecule has 0 aromatic rings. The lowest BCUT2D eigenvalue weighted by Gasteiger charge is -2.41. The van der Waals surface area contributed by atoms with Gasteiger partial charge in [-0.2, -0.15) is 0 Å². The minimum atomic E-state index is -2.55. The SMILES string of the molecule is CC(C)(C)OC(=O)N1C[C@@H](P(=O)(C2CCCCC2)C2CCCCC2)C[C@H]1CP(=O)(C1CCCCC1)C1CCCCC1. The molecule has 0 aromatic carbocycles. The molecule has 0 N–H and O–H groups in total. The van der Waals surface area contributed by atoms with Gasteiger partial charge in [0.2, 0.25) is 0 Å². The van der Waals surface area contributed by atoms with Crippen molar-refractivity contribution >= 4 is 20.4 Å². The third kappa shape index (κ3) is 7.35. The molecule has 7 heteroatoms. The number of carbonyl (C=O) groups is 1. The standard InChI is InChI=1S/C34H61NO4P2/c1-34(2,3)39-33(36)35-25-32(41(38,30-20-12-6-13-21-30)31-22-14-7-15-23-31)24-27(35)26-40(37,28-16-8-4-9-17-28)29-18-10-5-11-19-29/h27-32H,4-26H2,1-3H3/t27-,32-/m0/s1. The predicted octanol–water partition coefficient (Wildman–Crippen LogP) is 10.4. The second kappa shape index (κ2) is 13.8. The fraction of sp³-hybridized carbons (Fsp3) is 0.971. The molecule has 0 unspecified atom stereocenters. The van der Waals surface area contributed by atoms with Crippen molar-refractivity contribution in [2.75, 3.05) is 12.7 Å². The van der Waals surface area contributed by atoms with E-state index in [4.69, 9.17) is 4.74 Å². The van der Waals surface area contributed by atoms with Gasteiger partial charge in [-0.15, -0.1) is 0 Å². The molecule has 4 saturated carbocycles. The second-order valence-electron chi connectivity index (χ2n) is 15.6. The maximum atomic E-state index is 15.6. The average molecular weight is 610 g/mol. The highest BCUT2D eigenvalue weighted by molar-refractivity contribution is 7.66. The average Bonchev–Trinajstić information content (AvgIpc) is 3.42. The molecule has 1 heterocycles. The van der Waals surface area contributed by atoms with Gasteiger partial charge in [0.15, 0.2) is 0 Å². The van der Waals surface area contributed by atoms with Crippen LogP contribution in [-0.4, -0.2) is 63.6 Å². The lowest BCUT2D eigenvalue weighted by molar-refractivity contribution is 0.0240. The first-order valence-electron chi connectivity index (χ1n) is 17.8. The fourth-order valence-electron chi connectivity index (χ4n) is 9.73. The largest absolute Gasteiger partial charge is 0.444 e. The Kier molecular flexibility index (Phi) is 10.8. The van der Waals surface area contributed by atoms with Crippen molar-refractivity contribution in [1.82, 2.24) is 4.90 Å². The molecule has 4 aliphatic carbocycles. The van der Waals surface area contributed by atoms with Crippen molar-refractivity contribution in [1.29, 1.82) is 0 Å². The monoisotopic (exact) mass is 609 g/mol. The molecular formula is C34H61NO4P2. The Morgan fingerprint density at radius 3 is 1.41 bits per heavy atom. The van der Waals surface area contributed by atoms with Gasteiger partial charge in [0.05, 0.1) is 14.3 Å². The summed E-state index contributed by atoms with van der Waals surface area (Å²) in [5, 5.41) is 0. The van der Waals surface area contributed by atoms with Crippen LogP contribution in [0.1, 0.15) is 156 Å². The summed E-state index contributed by atoms with van der Waals surface area (Å²) in [6.07, 6.45) is 24.6. The molecule has 236 valence electrons. The first-order valence-corrected chi connectivity index (χ1v) is 21.7. The van der Waals surface area contributed by atoms with Gasteiger partial charge in [-0.05, 0) is 78.6 Å². The molecule has 1 amide bonds. The van der Waals surface area contributed by atoms with Gasteiger partial charge in [0.25, 0.3) is 0 Å². The number of hydrogen-bond acceptors (Lipinski definition) is 4. The van der Waals surface area contributed by atoms with E-state index >= 15 is 9.13 Å². The van der Waals surface area contributed by atoms with E-state index in [0.717, 1.165) is 57.8 Å². The first kappa shape index (κ1) is 32.1. The molecule has 5 aliphatic rings. The maximum absolute atomic E-state index is 15.6. The Bertz CT molecular complexity index is 908. The number of likely N-dealkylation sites (tertiary alicyclic amines) is 1. The summed E-state index contributed by atoms with van der Waals surface area (Å²) in [5.74, 6) is 0. The lowest BCUT2D eigenvalue weighted by atomic mass is 9.99. The third-order valence-electron chi connectivity index (χ3n) is 11.8. The number of rotatable bonds is 7. The van der Waals surface area contributed by atoms with Crippen LogP contribution in [0.25, 0.3) is 0 Å². The molecular weight excluding hydrogens is 548 g/mol. The summed E-state index contributed by atoms with van der Waals surface area (Å²) in [6.45, 7) is 6.38. The van der Waals surface area contributed by atoms with E-state index < -0.39 is 19.9 Å². The van der Waals surface area contributed by atoms with Gasteiger partial charge in [-0.1, -0.05) is 77.0 Å². The Labute approximate surface area is 251 Å². The van der Waals surface area contributed by atoms with Gasteiger partial charge < -0.3 is 18.8 Å². The summed E-state index contributed by atoms with van der Waals surface area (Å²) >= 11 is 0. The van der Waals surface area contributed by atoms with Crippen molar-refractivity contribution in [2.24, 2.45) is 0 Å². The van der Waals surface area contributed by atoms with Crippen LogP contribution < -0.4 is 0 Å². The molecule has 0 aromatic heterocycles. The highest BCUT2D eigenvalue weighted by atomic mass is 31.2. The summed E-state index contributed by atoms with van der Waals surface area (Å²) in [6, 6.07) is -0.0926. The Morgan fingerprint density at radius 2 is 1.02 bits per heavy atom. The zero-order valence-electron chi connectivity index (χ0n) is 26.7. The van der Waals surface area contributed by atoms with Crippen LogP contribution in [-0.2, 0) is 13.9 Å². The zero-order valence-corrected chi connectivity index (χ0v) is 28.5. The smallest absolute Gasteiger partial charge is 0.410 e. The minimum Gasteiger partial charge on any atom is -0.444 e. The fourth-order valence-corrected chi connectivity index (χ4v) is 19.5. The van der Waals surface area contributed by atoms with E-state index in [1.807, 2.05) is 25.7 Å². The van der Waals surface area contributed by atoms with E-state index in [2.05, 4.69) is 0 Å². The van der Waals surface area contributed by atoms with Crippen molar-refractivity contribution in [3.8, 4) is 0 Å². The molecule has 0 spiro atoms. The number of ether oxygens (including phenoxy) is 1. The third-order valence-corrected chi connectivity index (χ3v) is 21.1. The summed E-state index contributed by atoms with van der Waals surface area (Å²) in [7, 11) is -5.08. The second-order valence-corrected chi connectivity index (χ2v) is 22.9. The van der Waals surface area contributed by atoms with E-state index in [0.29, 0.717) is 35.3 Å². The Balaban J connectivity index is 1.47. The quantitative estimate of drug-likeness (QED) is 0.269. The Morgan fingerprint density at radius 1 is 0.634 bits per heavy atom. The summed E-state index contributed by atoms with van der Waals surface area (Å²) < 4.78 is 37.1. The van der Waals surface area contributed by atoms with E-state index in [9.17, 15) is 4.79 Å². The van der Waals surface area contributed by atoms with E-state index in [1.54, 1.807) is 0 Å².